The highest BCUT2D eigenvalue weighted by molar-refractivity contribution is 6.22. The summed E-state index contributed by atoms with van der Waals surface area (Å²) >= 11 is 0. The molecule has 0 bridgehead atoms. The first-order valence-corrected chi connectivity index (χ1v) is 19.2. The van der Waals surface area contributed by atoms with Gasteiger partial charge in [-0.2, -0.15) is 0 Å². The molecule has 8 aromatic carbocycles. The van der Waals surface area contributed by atoms with Crippen molar-refractivity contribution in [2.45, 2.75) is 0 Å². The Kier molecular flexibility index (Phi) is 7.72. The van der Waals surface area contributed by atoms with Crippen LogP contribution in [0.5, 0.6) is 0 Å². The smallest absolute Gasteiger partial charge is 0.160 e. The maximum absolute atomic E-state index is 5.06. The zero-order valence-electron chi connectivity index (χ0n) is 30.9. The molecule has 3 heteroatoms. The van der Waals surface area contributed by atoms with Crippen LogP contribution in [0, 0.1) is 0 Å². The number of allylic oxidation sites excluding steroid dienone is 4. The maximum atomic E-state index is 5.06. The molecule has 0 radical (unpaired) electrons. The monoisotopic (exact) mass is 723 g/mol. The predicted octanol–water partition coefficient (Wildman–Crippen LogP) is 13.8. The molecule has 57 heavy (non-hydrogen) atoms. The number of benzene rings is 8. The summed E-state index contributed by atoms with van der Waals surface area (Å²) in [7, 11) is 0. The molecule has 0 saturated heterocycles. The molecule has 2 heterocycles. The Morgan fingerprint density at radius 1 is 0.404 bits per heavy atom. The Morgan fingerprint density at radius 3 is 1.79 bits per heavy atom. The van der Waals surface area contributed by atoms with Crippen LogP contribution in [0.1, 0.15) is 5.69 Å². The highest BCUT2D eigenvalue weighted by Crippen LogP contribution is 2.39. The van der Waals surface area contributed by atoms with Crippen LogP contribution in [0.3, 0.4) is 0 Å². The molecule has 1 aliphatic carbocycles. The van der Waals surface area contributed by atoms with Crippen molar-refractivity contribution in [2.75, 3.05) is 0 Å². The average molecular weight is 724 g/mol. The van der Waals surface area contributed by atoms with Crippen molar-refractivity contribution in [3.63, 3.8) is 0 Å². The number of hydrogen-bond donors (Lipinski definition) is 0. The zero-order chi connectivity index (χ0) is 37.7. The topological polar surface area (TPSA) is 30.7 Å². The Bertz CT molecular complexity index is 3340. The Hall–Kier alpha value is -7.80. The summed E-state index contributed by atoms with van der Waals surface area (Å²) in [5.74, 6) is 0.689. The number of fused-ring (bicyclic) bond motifs is 6. The lowest BCUT2D eigenvalue weighted by Gasteiger charge is -2.12. The van der Waals surface area contributed by atoms with Crippen molar-refractivity contribution in [3.8, 4) is 50.6 Å². The normalized spacial score (nSPS) is 12.2. The van der Waals surface area contributed by atoms with Crippen LogP contribution in [0.15, 0.2) is 212 Å². The molecule has 0 unspecified atom stereocenters. The van der Waals surface area contributed by atoms with Gasteiger partial charge in [0.15, 0.2) is 5.82 Å². The largest absolute Gasteiger partial charge is 0.309 e. The quantitative estimate of drug-likeness (QED) is 0.160. The Morgan fingerprint density at radius 2 is 1.04 bits per heavy atom. The van der Waals surface area contributed by atoms with Gasteiger partial charge in [0.1, 0.15) is 0 Å². The number of hydrogen-bond acceptors (Lipinski definition) is 2. The van der Waals surface area contributed by atoms with Gasteiger partial charge in [-0.25, -0.2) is 9.97 Å². The van der Waals surface area contributed by atoms with Crippen molar-refractivity contribution in [3.05, 3.63) is 217 Å². The van der Waals surface area contributed by atoms with E-state index in [1.807, 2.05) is 36.4 Å². The third-order valence-electron chi connectivity index (χ3n) is 11.1. The van der Waals surface area contributed by atoms with E-state index in [-0.39, 0.29) is 0 Å². The highest BCUT2D eigenvalue weighted by atomic mass is 15.0. The predicted molar refractivity (Wildman–Crippen MR) is 237 cm³/mol. The lowest BCUT2D eigenvalue weighted by Crippen LogP contribution is -1.98. The van der Waals surface area contributed by atoms with Crippen LogP contribution in [0.4, 0.5) is 0 Å². The highest BCUT2D eigenvalue weighted by Gasteiger charge is 2.17. The second kappa shape index (κ2) is 13.5. The molecule has 0 saturated carbocycles. The summed E-state index contributed by atoms with van der Waals surface area (Å²) in [6, 6.07) is 65.3. The lowest BCUT2D eigenvalue weighted by molar-refractivity contribution is 1.15. The van der Waals surface area contributed by atoms with Gasteiger partial charge in [0.25, 0.3) is 0 Å². The molecular weight excluding hydrogens is 691 g/mol. The summed E-state index contributed by atoms with van der Waals surface area (Å²) < 4.78 is 2.39. The minimum absolute atomic E-state index is 0.689. The second-order valence-electron chi connectivity index (χ2n) is 14.5. The molecule has 0 atom stereocenters. The van der Waals surface area contributed by atoms with Crippen LogP contribution in [0.25, 0.3) is 99.5 Å². The molecule has 0 aliphatic heterocycles. The van der Waals surface area contributed by atoms with Gasteiger partial charge in [0.2, 0.25) is 0 Å². The fraction of sp³-hybridized carbons (Fsp3) is 0. The van der Waals surface area contributed by atoms with E-state index in [1.165, 1.54) is 65.6 Å². The number of para-hydroxylation sites is 1. The molecule has 2 aromatic heterocycles. The van der Waals surface area contributed by atoms with E-state index in [1.54, 1.807) is 0 Å². The Labute approximate surface area is 330 Å². The first-order valence-electron chi connectivity index (χ1n) is 19.2. The molecule has 0 fully saturated rings. The second-order valence-corrected chi connectivity index (χ2v) is 14.5. The molecule has 10 aromatic rings. The van der Waals surface area contributed by atoms with Gasteiger partial charge in [0, 0.05) is 33.2 Å². The van der Waals surface area contributed by atoms with Crippen LogP contribution < -0.4 is 0 Å². The van der Waals surface area contributed by atoms with E-state index < -0.39 is 0 Å². The molecule has 3 nitrogen and oxygen atoms in total. The van der Waals surface area contributed by atoms with E-state index in [0.717, 1.165) is 33.8 Å². The van der Waals surface area contributed by atoms with Crippen LogP contribution >= 0.6 is 0 Å². The van der Waals surface area contributed by atoms with Crippen molar-refractivity contribution in [1.29, 1.82) is 0 Å². The van der Waals surface area contributed by atoms with E-state index in [9.17, 15) is 0 Å². The van der Waals surface area contributed by atoms with Gasteiger partial charge >= 0.3 is 0 Å². The van der Waals surface area contributed by atoms with E-state index >= 15 is 0 Å². The summed E-state index contributed by atoms with van der Waals surface area (Å²) in [4.78, 5) is 10.0. The first-order chi connectivity index (χ1) is 28.2. The maximum Gasteiger partial charge on any atom is 0.160 e. The van der Waals surface area contributed by atoms with E-state index in [2.05, 4.69) is 180 Å². The number of aromatic nitrogens is 3. The summed E-state index contributed by atoms with van der Waals surface area (Å²) in [5.41, 5.74) is 19.1. The van der Waals surface area contributed by atoms with Crippen LogP contribution in [-0.4, -0.2) is 14.5 Å². The van der Waals surface area contributed by atoms with Gasteiger partial charge in [-0.1, -0.05) is 145 Å². The molecule has 264 valence electrons. The van der Waals surface area contributed by atoms with Gasteiger partial charge in [-0.3, -0.25) is 0 Å². The molecule has 1 aliphatic rings. The van der Waals surface area contributed by atoms with E-state index in [0.29, 0.717) is 5.82 Å². The third-order valence-corrected chi connectivity index (χ3v) is 11.1. The summed E-state index contributed by atoms with van der Waals surface area (Å²) in [6.07, 6.45) is 5.80. The van der Waals surface area contributed by atoms with Crippen molar-refractivity contribution >= 4 is 48.9 Å². The summed E-state index contributed by atoms with van der Waals surface area (Å²) in [6.45, 7) is 0. The SMILES string of the molecule is C1=C=CC(c2cc(-c3ccc(-n4c5ccccc5c5c6cc(-c7ccc8ccc(-c9ccccc9)cc8c7)ccc6ccc54)cc3)nc(-c3ccccc3)n2)=CC=1. The van der Waals surface area contributed by atoms with Gasteiger partial charge in [0.05, 0.1) is 22.4 Å². The standard InChI is InChI=1S/C54H33N3/c1-4-12-36(13-5-1)42-23-20-37-21-24-43(33-45(37)32-42)44-25-22-38-28-31-52-53(48(38)34-44)47-18-10-11-19-51(47)57(52)46-29-26-40(27-30-46)50-35-49(39-14-6-2-7-15-39)55-54(56-50)41-16-8-3-9-17-41/h1,3-6,8-35H. The zero-order valence-corrected chi connectivity index (χ0v) is 30.9. The minimum Gasteiger partial charge on any atom is -0.309 e. The van der Waals surface area contributed by atoms with Crippen molar-refractivity contribution in [2.24, 2.45) is 0 Å². The molecule has 0 N–H and O–H groups in total. The third kappa shape index (κ3) is 5.80. The van der Waals surface area contributed by atoms with Gasteiger partial charge in [-0.15, -0.1) is 0 Å². The summed E-state index contributed by atoms with van der Waals surface area (Å²) in [5, 5.41) is 7.42. The van der Waals surface area contributed by atoms with Crippen molar-refractivity contribution in [1.82, 2.24) is 14.5 Å². The van der Waals surface area contributed by atoms with Gasteiger partial charge < -0.3 is 4.57 Å². The number of rotatable bonds is 6. The molecular formula is C54H33N3. The van der Waals surface area contributed by atoms with Crippen LogP contribution in [-0.2, 0) is 0 Å². The minimum atomic E-state index is 0.689. The fourth-order valence-corrected chi connectivity index (χ4v) is 8.23. The Balaban J connectivity index is 1.02. The lowest BCUT2D eigenvalue weighted by atomic mass is 9.95. The average Bonchev–Trinajstić information content (AvgIpc) is 3.64. The number of nitrogens with zero attached hydrogens (tertiary/aromatic N) is 3. The van der Waals surface area contributed by atoms with Gasteiger partial charge in [-0.05, 0) is 111 Å². The van der Waals surface area contributed by atoms with Crippen molar-refractivity contribution < 1.29 is 0 Å². The first kappa shape index (κ1) is 32.6. The molecule has 0 spiro atoms. The molecule has 0 amide bonds. The van der Waals surface area contributed by atoms with E-state index in [4.69, 9.17) is 9.97 Å². The molecule has 11 rings (SSSR count). The fourth-order valence-electron chi connectivity index (χ4n) is 8.23. The van der Waals surface area contributed by atoms with Crippen LogP contribution in [0.2, 0.25) is 0 Å².